The van der Waals surface area contributed by atoms with E-state index in [1.807, 2.05) is 31.5 Å². The Labute approximate surface area is 214 Å². The number of thiophene rings is 1. The van der Waals surface area contributed by atoms with Gasteiger partial charge in [-0.2, -0.15) is 0 Å². The van der Waals surface area contributed by atoms with E-state index >= 15 is 0 Å². The number of amides is 2. The van der Waals surface area contributed by atoms with Crippen LogP contribution in [0.2, 0.25) is 0 Å². The first-order valence-electron chi connectivity index (χ1n) is 12.2. The lowest BCUT2D eigenvalue weighted by atomic mass is 9.82. The highest BCUT2D eigenvalue weighted by atomic mass is 32.1. The van der Waals surface area contributed by atoms with Gasteiger partial charge in [0.15, 0.2) is 0 Å². The molecule has 3 aromatic rings. The molecule has 2 amide bonds. The SMILES string of the molecule is CC1CCC(C(=O)N(c2sc(-c3ccc(CCc4cscn4)cc3)cc2C(=O)N=O)C(C)C)CC1. The molecule has 4 rings (SSSR count). The third-order valence-corrected chi connectivity index (χ3v) is 8.57. The third kappa shape index (κ3) is 5.93. The monoisotopic (exact) mass is 509 g/mol. The lowest BCUT2D eigenvalue weighted by Gasteiger charge is -2.33. The zero-order valence-corrected chi connectivity index (χ0v) is 22.0. The minimum atomic E-state index is -0.835. The molecule has 1 aromatic carbocycles. The first-order chi connectivity index (χ1) is 16.9. The predicted octanol–water partition coefficient (Wildman–Crippen LogP) is 7.13. The Balaban J connectivity index is 1.60. The minimum absolute atomic E-state index is 0.0395. The van der Waals surface area contributed by atoms with Crippen molar-refractivity contribution in [2.24, 2.45) is 17.0 Å². The molecule has 1 aliphatic carbocycles. The third-order valence-electron chi connectivity index (χ3n) is 6.76. The van der Waals surface area contributed by atoms with E-state index in [-0.39, 0.29) is 23.4 Å². The van der Waals surface area contributed by atoms with Crippen LogP contribution in [-0.2, 0) is 17.6 Å². The van der Waals surface area contributed by atoms with Gasteiger partial charge in [-0.15, -0.1) is 27.6 Å². The minimum Gasteiger partial charge on any atom is -0.300 e. The Morgan fingerprint density at radius 1 is 1.11 bits per heavy atom. The van der Waals surface area contributed by atoms with Crippen molar-refractivity contribution >= 4 is 39.5 Å². The summed E-state index contributed by atoms with van der Waals surface area (Å²) in [5.41, 5.74) is 5.30. The molecule has 0 atom stereocenters. The summed E-state index contributed by atoms with van der Waals surface area (Å²) < 4.78 is 0. The van der Waals surface area contributed by atoms with Gasteiger partial charge in [-0.25, -0.2) is 4.98 Å². The number of aryl methyl sites for hydroxylation is 2. The van der Waals surface area contributed by atoms with Gasteiger partial charge in [-0.05, 0) is 75.5 Å². The van der Waals surface area contributed by atoms with Crippen LogP contribution in [0.15, 0.2) is 46.4 Å². The van der Waals surface area contributed by atoms with Crippen LogP contribution in [0, 0.1) is 16.7 Å². The highest BCUT2D eigenvalue weighted by Gasteiger charge is 2.33. The van der Waals surface area contributed by atoms with Crippen LogP contribution in [0.4, 0.5) is 5.00 Å². The number of aromatic nitrogens is 1. The first-order valence-corrected chi connectivity index (χ1v) is 13.9. The maximum Gasteiger partial charge on any atom is 0.319 e. The molecular formula is C27H31N3O3S2. The van der Waals surface area contributed by atoms with Crippen LogP contribution in [0.3, 0.4) is 0 Å². The van der Waals surface area contributed by atoms with Crippen molar-refractivity contribution in [1.82, 2.24) is 4.98 Å². The molecule has 0 spiro atoms. The molecule has 1 saturated carbocycles. The maximum atomic E-state index is 13.6. The molecule has 0 bridgehead atoms. The fourth-order valence-corrected chi connectivity index (χ4v) is 6.55. The molecule has 6 nitrogen and oxygen atoms in total. The average Bonchev–Trinajstić information content (AvgIpc) is 3.53. The topological polar surface area (TPSA) is 79.7 Å². The summed E-state index contributed by atoms with van der Waals surface area (Å²) in [4.78, 5) is 44.2. The summed E-state index contributed by atoms with van der Waals surface area (Å²) in [5.74, 6) is -0.209. The lowest BCUT2D eigenvalue weighted by Crippen LogP contribution is -2.42. The van der Waals surface area contributed by atoms with Crippen LogP contribution in [-0.4, -0.2) is 22.8 Å². The molecule has 2 heterocycles. The van der Waals surface area contributed by atoms with Gasteiger partial charge in [-0.3, -0.25) is 9.59 Å². The van der Waals surface area contributed by atoms with Crippen LogP contribution >= 0.6 is 22.7 Å². The molecule has 1 fully saturated rings. The molecule has 1 aliphatic rings. The smallest absolute Gasteiger partial charge is 0.300 e. The van der Waals surface area contributed by atoms with Crippen molar-refractivity contribution < 1.29 is 9.59 Å². The molecule has 2 aromatic heterocycles. The molecule has 0 unspecified atom stereocenters. The average molecular weight is 510 g/mol. The second-order valence-electron chi connectivity index (χ2n) is 9.66. The summed E-state index contributed by atoms with van der Waals surface area (Å²) in [6, 6.07) is 9.78. The van der Waals surface area contributed by atoms with E-state index in [1.54, 1.807) is 22.3 Å². The second kappa shape index (κ2) is 11.4. The number of carbonyl (C=O) groups excluding carboxylic acids is 2. The van der Waals surface area contributed by atoms with E-state index in [2.05, 4.69) is 34.6 Å². The van der Waals surface area contributed by atoms with Gasteiger partial charge in [0.05, 0.1) is 16.8 Å². The van der Waals surface area contributed by atoms with Gasteiger partial charge < -0.3 is 4.90 Å². The summed E-state index contributed by atoms with van der Waals surface area (Å²) in [6.45, 7) is 6.12. The Kier molecular flexibility index (Phi) is 8.23. The largest absolute Gasteiger partial charge is 0.319 e. The zero-order chi connectivity index (χ0) is 24.9. The Bertz CT molecular complexity index is 1160. The van der Waals surface area contributed by atoms with Crippen LogP contribution in [0.25, 0.3) is 10.4 Å². The standard InChI is InChI=1S/C27H31N3O3S2/c1-17(2)30(26(32)21-9-4-18(3)5-10-21)27-23(25(31)29-33)14-24(35-27)20-11-6-19(7-12-20)8-13-22-15-34-16-28-22/h6-7,11-12,14-18,21H,4-5,8-10,13H2,1-3H3. The fraction of sp³-hybridized carbons (Fsp3) is 0.444. The quantitative estimate of drug-likeness (QED) is 0.303. The molecular weight excluding hydrogens is 478 g/mol. The number of benzene rings is 1. The van der Waals surface area contributed by atoms with Crippen molar-refractivity contribution in [2.45, 2.75) is 65.3 Å². The molecule has 8 heteroatoms. The van der Waals surface area contributed by atoms with Crippen LogP contribution < -0.4 is 4.90 Å². The van der Waals surface area contributed by atoms with Crippen molar-refractivity contribution in [3.63, 3.8) is 0 Å². The van der Waals surface area contributed by atoms with Gasteiger partial charge in [-0.1, -0.05) is 31.2 Å². The van der Waals surface area contributed by atoms with Crippen molar-refractivity contribution in [2.75, 3.05) is 4.90 Å². The number of thiazole rings is 1. The highest BCUT2D eigenvalue weighted by molar-refractivity contribution is 7.20. The number of hydrogen-bond acceptors (Lipinski definition) is 6. The van der Waals surface area contributed by atoms with E-state index in [0.717, 1.165) is 54.7 Å². The van der Waals surface area contributed by atoms with E-state index in [0.29, 0.717) is 10.9 Å². The van der Waals surface area contributed by atoms with Gasteiger partial charge in [0.25, 0.3) is 0 Å². The Morgan fingerprint density at radius 3 is 2.43 bits per heavy atom. The van der Waals surface area contributed by atoms with Crippen molar-refractivity contribution in [3.8, 4) is 10.4 Å². The number of nitrogens with zero attached hydrogens (tertiary/aromatic N) is 3. The maximum absolute atomic E-state index is 13.6. The van der Waals surface area contributed by atoms with Crippen molar-refractivity contribution in [1.29, 1.82) is 0 Å². The predicted molar refractivity (Wildman–Crippen MR) is 143 cm³/mol. The number of carbonyl (C=O) groups is 2. The number of nitroso groups, excluding NO2 is 1. The van der Waals surface area contributed by atoms with Crippen LogP contribution in [0.1, 0.15) is 68.1 Å². The van der Waals surface area contributed by atoms with Gasteiger partial charge >= 0.3 is 5.91 Å². The molecule has 0 aliphatic heterocycles. The Hall–Kier alpha value is -2.71. The number of anilines is 1. The lowest BCUT2D eigenvalue weighted by molar-refractivity contribution is -0.123. The van der Waals surface area contributed by atoms with Gasteiger partial charge in [0.1, 0.15) is 5.00 Å². The summed E-state index contributed by atoms with van der Waals surface area (Å²) >= 11 is 2.98. The van der Waals surface area contributed by atoms with Gasteiger partial charge in [0.2, 0.25) is 5.91 Å². The van der Waals surface area contributed by atoms with Gasteiger partial charge in [0, 0.05) is 27.4 Å². The summed E-state index contributed by atoms with van der Waals surface area (Å²) in [7, 11) is 0. The van der Waals surface area contributed by atoms with E-state index < -0.39 is 5.91 Å². The van der Waals surface area contributed by atoms with Crippen LogP contribution in [0.5, 0.6) is 0 Å². The van der Waals surface area contributed by atoms with E-state index in [4.69, 9.17) is 0 Å². The summed E-state index contributed by atoms with van der Waals surface area (Å²) in [5, 5.41) is 5.28. The molecule has 184 valence electrons. The second-order valence-corrected chi connectivity index (χ2v) is 11.4. The van der Waals surface area contributed by atoms with E-state index in [1.165, 1.54) is 16.9 Å². The normalized spacial score (nSPS) is 17.9. The molecule has 0 N–H and O–H groups in total. The van der Waals surface area contributed by atoms with E-state index in [9.17, 15) is 14.5 Å². The fourth-order valence-electron chi connectivity index (χ4n) is 4.67. The molecule has 35 heavy (non-hydrogen) atoms. The Morgan fingerprint density at radius 2 is 1.83 bits per heavy atom. The number of hydrogen-bond donors (Lipinski definition) is 0. The first kappa shape index (κ1) is 25.4. The van der Waals surface area contributed by atoms with Crippen molar-refractivity contribution in [3.05, 3.63) is 63.0 Å². The summed E-state index contributed by atoms with van der Waals surface area (Å²) in [6.07, 6.45) is 5.58. The zero-order valence-electron chi connectivity index (χ0n) is 20.4. The highest BCUT2D eigenvalue weighted by Crippen LogP contribution is 2.41. The molecule has 0 radical (unpaired) electrons. The molecule has 0 saturated heterocycles. The number of rotatable bonds is 8.